The van der Waals surface area contributed by atoms with E-state index in [0.717, 1.165) is 44.0 Å². The molecule has 2 aromatic carbocycles. The number of rotatable bonds is 8. The predicted octanol–water partition coefficient (Wildman–Crippen LogP) is 1.43. The molecule has 3 aromatic rings. The van der Waals surface area contributed by atoms with Gasteiger partial charge in [0.1, 0.15) is 4.75 Å². The van der Waals surface area contributed by atoms with Crippen molar-refractivity contribution in [3.05, 3.63) is 64.7 Å². The van der Waals surface area contributed by atoms with E-state index in [0.29, 0.717) is 10.9 Å². The molecule has 0 bridgehead atoms. The molecule has 2 atom stereocenters. The van der Waals surface area contributed by atoms with Crippen LogP contribution < -0.4 is 11.0 Å². The second kappa shape index (κ2) is 10.8. The van der Waals surface area contributed by atoms with Crippen molar-refractivity contribution in [2.45, 2.75) is 31.2 Å². The summed E-state index contributed by atoms with van der Waals surface area (Å²) < 4.78 is 27.9. The average molecular weight is 500 g/mol. The van der Waals surface area contributed by atoms with Gasteiger partial charge in [0.05, 0.1) is 30.4 Å². The van der Waals surface area contributed by atoms with Crippen LogP contribution in [0.5, 0.6) is 0 Å². The minimum absolute atomic E-state index is 0.0635. The van der Waals surface area contributed by atoms with E-state index in [1.165, 1.54) is 28.9 Å². The molecule has 4 rings (SSSR count). The van der Waals surface area contributed by atoms with Gasteiger partial charge in [-0.1, -0.05) is 30.3 Å². The van der Waals surface area contributed by atoms with Crippen molar-refractivity contribution < 1.29 is 23.5 Å². The number of amides is 1. The highest BCUT2D eigenvalue weighted by Crippen LogP contribution is 2.24. The minimum Gasteiger partial charge on any atom is -0.772 e. The Hall–Kier alpha value is -2.96. The Morgan fingerprint density at radius 1 is 1.20 bits per heavy atom. The minimum atomic E-state index is -2.80. The number of aromatic nitrogens is 2. The Labute approximate surface area is 204 Å². The van der Waals surface area contributed by atoms with Crippen molar-refractivity contribution in [2.75, 3.05) is 26.3 Å². The first-order valence-corrected chi connectivity index (χ1v) is 12.3. The Morgan fingerprint density at radius 2 is 1.89 bits per heavy atom. The van der Waals surface area contributed by atoms with Crippen molar-refractivity contribution in [3.8, 4) is 11.1 Å². The first-order valence-electron chi connectivity index (χ1n) is 11.2. The Kier molecular flexibility index (Phi) is 7.72. The lowest BCUT2D eigenvalue weighted by Crippen LogP contribution is -2.47. The van der Waals surface area contributed by atoms with E-state index in [2.05, 4.69) is 22.0 Å². The zero-order valence-electron chi connectivity index (χ0n) is 19.3. The largest absolute Gasteiger partial charge is 0.772 e. The maximum atomic E-state index is 12.9. The fourth-order valence-corrected chi connectivity index (χ4v) is 4.50. The molecule has 1 aliphatic heterocycles. The molecule has 2 heterocycles. The fourth-order valence-electron chi connectivity index (χ4n) is 4.04. The summed E-state index contributed by atoms with van der Waals surface area (Å²) in [4.78, 5) is 31.5. The third kappa shape index (κ3) is 5.49. The maximum absolute atomic E-state index is 12.9. The number of hydroxylamine groups is 1. The van der Waals surface area contributed by atoms with Crippen LogP contribution in [0.4, 0.5) is 0 Å². The van der Waals surface area contributed by atoms with Gasteiger partial charge in [0, 0.05) is 26.2 Å². The number of hydrogen-bond acceptors (Lipinski definition) is 8. The highest BCUT2D eigenvalue weighted by atomic mass is 32.2. The lowest BCUT2D eigenvalue weighted by molar-refractivity contribution is -0.131. The molecule has 11 heteroatoms. The molecular weight excluding hydrogens is 472 g/mol. The van der Waals surface area contributed by atoms with Gasteiger partial charge in [-0.3, -0.25) is 28.5 Å². The lowest BCUT2D eigenvalue weighted by atomic mass is 10.0. The highest BCUT2D eigenvalue weighted by Gasteiger charge is 2.34. The van der Waals surface area contributed by atoms with E-state index < -0.39 is 21.7 Å². The molecule has 186 valence electrons. The summed E-state index contributed by atoms with van der Waals surface area (Å²) in [5, 5.41) is 9.25. The molecular formula is C24H27N4O6S-. The first-order chi connectivity index (χ1) is 16.8. The first kappa shape index (κ1) is 25.1. The van der Waals surface area contributed by atoms with E-state index in [1.54, 1.807) is 6.07 Å². The molecule has 2 N–H and O–H groups in total. The Bertz CT molecular complexity index is 1290. The number of ether oxygens (including phenoxy) is 1. The van der Waals surface area contributed by atoms with Crippen molar-refractivity contribution in [3.63, 3.8) is 0 Å². The van der Waals surface area contributed by atoms with Gasteiger partial charge in [-0.25, -0.2) is 10.5 Å². The SMILES string of the molecule is CC(CCn1cnc2cc(-c3ccc(CN4CCOCC4)cc3)ccc2c1=O)(C(=O)NO)S(=O)[O-]. The lowest BCUT2D eigenvalue weighted by Gasteiger charge is -2.29. The highest BCUT2D eigenvalue weighted by molar-refractivity contribution is 7.81. The molecule has 1 aromatic heterocycles. The predicted molar refractivity (Wildman–Crippen MR) is 129 cm³/mol. The number of nitrogens with zero attached hydrogens (tertiary/aromatic N) is 3. The topological polar surface area (TPSA) is 137 Å². The summed E-state index contributed by atoms with van der Waals surface area (Å²) in [5.74, 6) is -1.06. The summed E-state index contributed by atoms with van der Waals surface area (Å²) >= 11 is -2.80. The third-order valence-electron chi connectivity index (χ3n) is 6.40. The molecule has 1 aliphatic rings. The number of nitrogens with one attached hydrogen (secondary N) is 1. The van der Waals surface area contributed by atoms with Crippen molar-refractivity contribution >= 4 is 27.9 Å². The number of morpholine rings is 1. The number of fused-ring (bicyclic) bond motifs is 1. The fraction of sp³-hybridized carbons (Fsp3) is 0.375. The molecule has 1 amide bonds. The number of carbonyl (C=O) groups is 1. The molecule has 35 heavy (non-hydrogen) atoms. The Morgan fingerprint density at radius 3 is 2.54 bits per heavy atom. The van der Waals surface area contributed by atoms with Crippen LogP contribution in [-0.4, -0.2) is 65.4 Å². The molecule has 10 nitrogen and oxygen atoms in total. The average Bonchev–Trinajstić information content (AvgIpc) is 2.88. The van der Waals surface area contributed by atoms with Crippen LogP contribution in [0.3, 0.4) is 0 Å². The van der Waals surface area contributed by atoms with Gasteiger partial charge in [-0.2, -0.15) is 0 Å². The number of hydrogen-bond donors (Lipinski definition) is 2. The van der Waals surface area contributed by atoms with Crippen LogP contribution in [0.2, 0.25) is 0 Å². The summed E-state index contributed by atoms with van der Waals surface area (Å²) in [7, 11) is 0. The zero-order chi connectivity index (χ0) is 25.0. The molecule has 0 radical (unpaired) electrons. The second-order valence-electron chi connectivity index (χ2n) is 8.72. The number of benzene rings is 2. The molecule has 0 spiro atoms. The van der Waals surface area contributed by atoms with Crippen LogP contribution in [0.1, 0.15) is 18.9 Å². The van der Waals surface area contributed by atoms with Gasteiger partial charge in [0.25, 0.3) is 11.5 Å². The standard InChI is InChI=1S/C24H28N4O6S/c1-24(35(32)33,23(30)26-31)8-9-28-16-25-21-14-19(6-7-20(21)22(28)29)18-4-2-17(3-5-18)15-27-10-12-34-13-11-27/h2-7,14,16,31H,8-13,15H2,1H3,(H,26,30)(H,32,33)/p-1. The van der Waals surface area contributed by atoms with Gasteiger partial charge in [-0.05, 0) is 53.2 Å². The number of aryl methyl sites for hydroxylation is 1. The summed E-state index contributed by atoms with van der Waals surface area (Å²) in [5.41, 5.74) is 4.70. The van der Waals surface area contributed by atoms with Crippen LogP contribution >= 0.6 is 0 Å². The van der Waals surface area contributed by atoms with Crippen molar-refractivity contribution in [2.24, 2.45) is 0 Å². The smallest absolute Gasteiger partial charge is 0.261 e. The van der Waals surface area contributed by atoms with Gasteiger partial charge < -0.3 is 9.29 Å². The van der Waals surface area contributed by atoms with Gasteiger partial charge in [-0.15, -0.1) is 0 Å². The molecule has 2 unspecified atom stereocenters. The summed E-state index contributed by atoms with van der Waals surface area (Å²) in [6, 6.07) is 13.7. The van der Waals surface area contributed by atoms with Crippen LogP contribution in [-0.2, 0) is 33.7 Å². The van der Waals surface area contributed by atoms with E-state index in [9.17, 15) is 18.4 Å². The maximum Gasteiger partial charge on any atom is 0.261 e. The van der Waals surface area contributed by atoms with Crippen molar-refractivity contribution in [1.29, 1.82) is 0 Å². The van der Waals surface area contributed by atoms with E-state index >= 15 is 0 Å². The van der Waals surface area contributed by atoms with Gasteiger partial charge >= 0.3 is 0 Å². The summed E-state index contributed by atoms with van der Waals surface area (Å²) in [6.45, 7) is 5.38. The molecule has 1 fully saturated rings. The van der Waals surface area contributed by atoms with Crippen LogP contribution in [0.15, 0.2) is 53.6 Å². The third-order valence-corrected chi connectivity index (χ3v) is 7.53. The normalized spacial score (nSPS) is 17.1. The number of carbonyl (C=O) groups excluding carboxylic acids is 1. The second-order valence-corrected chi connectivity index (χ2v) is 10.1. The van der Waals surface area contributed by atoms with Crippen molar-refractivity contribution in [1.82, 2.24) is 19.9 Å². The van der Waals surface area contributed by atoms with Gasteiger partial charge in [0.2, 0.25) is 0 Å². The van der Waals surface area contributed by atoms with E-state index in [-0.39, 0.29) is 18.5 Å². The molecule has 0 saturated carbocycles. The summed E-state index contributed by atoms with van der Waals surface area (Å²) in [6.07, 6.45) is 1.13. The molecule has 0 aliphatic carbocycles. The quantitative estimate of drug-likeness (QED) is 0.270. The van der Waals surface area contributed by atoms with E-state index in [4.69, 9.17) is 9.94 Å². The zero-order valence-corrected chi connectivity index (χ0v) is 20.1. The van der Waals surface area contributed by atoms with Crippen LogP contribution in [0.25, 0.3) is 22.0 Å². The van der Waals surface area contributed by atoms with Gasteiger partial charge in [0.15, 0.2) is 0 Å². The van der Waals surface area contributed by atoms with Crippen LogP contribution in [0, 0.1) is 0 Å². The van der Waals surface area contributed by atoms with E-state index in [1.807, 2.05) is 24.3 Å². The monoisotopic (exact) mass is 499 g/mol. The Balaban J connectivity index is 1.51. The molecule has 1 saturated heterocycles.